The van der Waals surface area contributed by atoms with Crippen molar-refractivity contribution in [2.75, 3.05) is 0 Å². The van der Waals surface area contributed by atoms with Crippen molar-refractivity contribution in [3.8, 4) is 0 Å². The molecule has 0 amide bonds. The summed E-state index contributed by atoms with van der Waals surface area (Å²) in [7, 11) is 0. The Morgan fingerprint density at radius 2 is 1.89 bits per heavy atom. The fourth-order valence-electron chi connectivity index (χ4n) is 3.02. The summed E-state index contributed by atoms with van der Waals surface area (Å²) in [6.45, 7) is 0. The third-order valence-corrected chi connectivity index (χ3v) is 4.28. The van der Waals surface area contributed by atoms with Gasteiger partial charge in [0.15, 0.2) is 0 Å². The van der Waals surface area contributed by atoms with Crippen LogP contribution in [0.4, 0.5) is 4.39 Å². The van der Waals surface area contributed by atoms with Gasteiger partial charge in [0.2, 0.25) is 0 Å². The van der Waals surface area contributed by atoms with Crippen LogP contribution in [0.25, 0.3) is 0 Å². The zero-order chi connectivity index (χ0) is 13.7. The Morgan fingerprint density at radius 3 is 2.58 bits per heavy atom. The van der Waals surface area contributed by atoms with Crippen LogP contribution in [0.3, 0.4) is 0 Å². The lowest BCUT2D eigenvalue weighted by Crippen LogP contribution is -2.16. The third-order valence-electron chi connectivity index (χ3n) is 4.04. The molecule has 3 heteroatoms. The molecule has 0 heterocycles. The van der Waals surface area contributed by atoms with Gasteiger partial charge in [0, 0.05) is 11.4 Å². The molecule has 106 valence electrons. The van der Waals surface area contributed by atoms with Crippen LogP contribution in [-0.4, -0.2) is 11.2 Å². The Kier molecular flexibility index (Phi) is 5.65. The first-order valence-electron chi connectivity index (χ1n) is 7.27. The van der Waals surface area contributed by atoms with Crippen molar-refractivity contribution < 1.29 is 9.50 Å². The Labute approximate surface area is 119 Å². The van der Waals surface area contributed by atoms with E-state index in [1.165, 1.54) is 50.7 Å². The summed E-state index contributed by atoms with van der Waals surface area (Å²) in [6.07, 6.45) is 8.26. The second-order valence-corrected chi connectivity index (χ2v) is 6.12. The molecular weight excluding hydrogens is 263 g/mol. The first-order chi connectivity index (χ1) is 9.15. The predicted molar refractivity (Wildman–Crippen MR) is 76.9 cm³/mol. The van der Waals surface area contributed by atoms with E-state index in [1.807, 2.05) is 0 Å². The van der Waals surface area contributed by atoms with Crippen LogP contribution in [0.2, 0.25) is 5.02 Å². The molecule has 0 aliphatic heterocycles. The first kappa shape index (κ1) is 14.8. The second kappa shape index (κ2) is 7.25. The van der Waals surface area contributed by atoms with E-state index in [4.69, 9.17) is 11.6 Å². The number of hydrogen-bond acceptors (Lipinski definition) is 1. The Hall–Kier alpha value is -0.600. The monoisotopic (exact) mass is 284 g/mol. The summed E-state index contributed by atoms with van der Waals surface area (Å²) in [5.41, 5.74) is 0.522. The first-order valence-corrected chi connectivity index (χ1v) is 7.65. The van der Waals surface area contributed by atoms with Crippen molar-refractivity contribution in [3.63, 3.8) is 0 Å². The van der Waals surface area contributed by atoms with Crippen molar-refractivity contribution in [2.24, 2.45) is 5.92 Å². The van der Waals surface area contributed by atoms with Crippen molar-refractivity contribution in [3.05, 3.63) is 34.6 Å². The van der Waals surface area contributed by atoms with Crippen LogP contribution in [0.15, 0.2) is 18.2 Å². The highest BCUT2D eigenvalue weighted by Crippen LogP contribution is 2.27. The molecule has 1 N–H and O–H groups in total. The molecule has 0 aromatic heterocycles. The van der Waals surface area contributed by atoms with Gasteiger partial charge in [0.25, 0.3) is 0 Å². The normalized spacial score (nSPS) is 19.1. The van der Waals surface area contributed by atoms with E-state index < -0.39 is 6.10 Å². The molecule has 1 aromatic carbocycles. The number of halogens is 2. The molecule has 19 heavy (non-hydrogen) atoms. The minimum absolute atomic E-state index is 0.274. The molecule has 1 saturated carbocycles. The van der Waals surface area contributed by atoms with Gasteiger partial charge in [-0.25, -0.2) is 4.39 Å². The van der Waals surface area contributed by atoms with Crippen LogP contribution in [0.1, 0.15) is 50.5 Å². The lowest BCUT2D eigenvalue weighted by atomic mass is 9.91. The summed E-state index contributed by atoms with van der Waals surface area (Å²) in [4.78, 5) is 0. The largest absolute Gasteiger partial charge is 0.393 e. The molecule has 1 aliphatic carbocycles. The van der Waals surface area contributed by atoms with Crippen LogP contribution < -0.4 is 0 Å². The van der Waals surface area contributed by atoms with E-state index in [-0.39, 0.29) is 5.82 Å². The number of hydrogen-bond donors (Lipinski definition) is 1. The lowest BCUT2D eigenvalue weighted by molar-refractivity contribution is 0.136. The predicted octanol–water partition coefficient (Wildman–Crippen LogP) is 4.74. The van der Waals surface area contributed by atoms with Gasteiger partial charge in [-0.2, -0.15) is 0 Å². The highest BCUT2D eigenvalue weighted by molar-refractivity contribution is 6.30. The maximum absolute atomic E-state index is 13.6. The topological polar surface area (TPSA) is 20.2 Å². The SMILES string of the molecule is OC(Cc1cc(Cl)ccc1F)CC1CCCCCC1. The second-order valence-electron chi connectivity index (χ2n) is 5.69. The van der Waals surface area contributed by atoms with E-state index in [9.17, 15) is 9.50 Å². The molecule has 2 rings (SSSR count). The van der Waals surface area contributed by atoms with Gasteiger partial charge in [-0.3, -0.25) is 0 Å². The molecule has 0 saturated heterocycles. The van der Waals surface area contributed by atoms with Crippen molar-refractivity contribution in [2.45, 2.75) is 57.5 Å². The number of rotatable bonds is 4. The highest BCUT2D eigenvalue weighted by atomic mass is 35.5. The van der Waals surface area contributed by atoms with Gasteiger partial charge in [-0.15, -0.1) is 0 Å². The molecule has 1 aliphatic rings. The smallest absolute Gasteiger partial charge is 0.126 e. The van der Waals surface area contributed by atoms with Crippen molar-refractivity contribution in [1.82, 2.24) is 0 Å². The van der Waals surface area contributed by atoms with E-state index in [1.54, 1.807) is 6.07 Å². The van der Waals surface area contributed by atoms with Gasteiger partial charge < -0.3 is 5.11 Å². The van der Waals surface area contributed by atoms with E-state index >= 15 is 0 Å². The van der Waals surface area contributed by atoms with Gasteiger partial charge in [0.05, 0.1) is 6.10 Å². The zero-order valence-electron chi connectivity index (χ0n) is 11.2. The van der Waals surface area contributed by atoms with Crippen molar-refractivity contribution in [1.29, 1.82) is 0 Å². The maximum Gasteiger partial charge on any atom is 0.126 e. The number of aliphatic hydroxyl groups is 1. The maximum atomic E-state index is 13.6. The fourth-order valence-corrected chi connectivity index (χ4v) is 3.22. The molecule has 0 spiro atoms. The summed E-state index contributed by atoms with van der Waals surface area (Å²) in [5, 5.41) is 10.7. The molecular formula is C16H22ClFO. The van der Waals surface area contributed by atoms with Gasteiger partial charge in [0.1, 0.15) is 5.82 Å². The average molecular weight is 285 g/mol. The molecule has 0 bridgehead atoms. The Morgan fingerprint density at radius 1 is 1.21 bits per heavy atom. The van der Waals surface area contributed by atoms with Gasteiger partial charge in [-0.1, -0.05) is 50.1 Å². The fraction of sp³-hybridized carbons (Fsp3) is 0.625. The van der Waals surface area contributed by atoms with Gasteiger partial charge >= 0.3 is 0 Å². The molecule has 0 radical (unpaired) electrons. The van der Waals surface area contributed by atoms with Crippen LogP contribution >= 0.6 is 11.6 Å². The minimum atomic E-state index is -0.462. The van der Waals surface area contributed by atoms with Crippen LogP contribution in [0.5, 0.6) is 0 Å². The summed E-state index contributed by atoms with van der Waals surface area (Å²) in [6, 6.07) is 4.53. The summed E-state index contributed by atoms with van der Waals surface area (Å²) < 4.78 is 13.6. The standard InChI is InChI=1S/C16H22ClFO/c17-14-7-8-16(18)13(10-14)11-15(19)9-12-5-3-1-2-4-6-12/h7-8,10,12,15,19H,1-6,9,11H2. The zero-order valence-corrected chi connectivity index (χ0v) is 12.0. The summed E-state index contributed by atoms with van der Waals surface area (Å²) in [5.74, 6) is 0.323. The quantitative estimate of drug-likeness (QED) is 0.792. The van der Waals surface area contributed by atoms with Crippen LogP contribution in [-0.2, 0) is 6.42 Å². The number of aliphatic hydroxyl groups excluding tert-OH is 1. The van der Waals surface area contributed by atoms with Gasteiger partial charge in [-0.05, 0) is 36.1 Å². The molecule has 1 nitrogen and oxygen atoms in total. The van der Waals surface area contributed by atoms with E-state index in [0.29, 0.717) is 22.9 Å². The number of benzene rings is 1. The minimum Gasteiger partial charge on any atom is -0.393 e. The average Bonchev–Trinajstić information content (AvgIpc) is 2.62. The Balaban J connectivity index is 1.89. The summed E-state index contributed by atoms with van der Waals surface area (Å²) >= 11 is 5.87. The molecule has 1 atom stereocenters. The third kappa shape index (κ3) is 4.77. The van der Waals surface area contributed by atoms with Crippen LogP contribution in [0, 0.1) is 11.7 Å². The van der Waals surface area contributed by atoms with E-state index in [2.05, 4.69) is 0 Å². The lowest BCUT2D eigenvalue weighted by Gasteiger charge is -2.18. The van der Waals surface area contributed by atoms with Crippen molar-refractivity contribution >= 4 is 11.6 Å². The highest BCUT2D eigenvalue weighted by Gasteiger charge is 2.18. The Bertz CT molecular complexity index is 400. The molecule has 1 aromatic rings. The molecule has 1 unspecified atom stereocenters. The van der Waals surface area contributed by atoms with E-state index in [0.717, 1.165) is 6.42 Å². The molecule has 1 fully saturated rings.